The van der Waals surface area contributed by atoms with Gasteiger partial charge in [0.05, 0.1) is 12.7 Å². The molecule has 0 unspecified atom stereocenters. The maximum atomic E-state index is 12.2. The van der Waals surface area contributed by atoms with Crippen LogP contribution < -0.4 is 9.47 Å². The number of esters is 1. The maximum absolute atomic E-state index is 12.2. The Balaban J connectivity index is 1.89. The molecule has 0 saturated heterocycles. The fraction of sp³-hybridized carbons (Fsp3) is 0.263. The molecule has 0 N–H and O–H groups in total. The fourth-order valence-corrected chi connectivity index (χ4v) is 2.77. The molecule has 2 aromatic rings. The van der Waals surface area contributed by atoms with Crippen LogP contribution in [0.15, 0.2) is 42.5 Å². The minimum Gasteiger partial charge on any atom is -0.493 e. The summed E-state index contributed by atoms with van der Waals surface area (Å²) in [5, 5.41) is 0. The molecule has 3 rings (SSSR count). The molecule has 6 nitrogen and oxygen atoms in total. The minimum absolute atomic E-state index is 0.00398. The van der Waals surface area contributed by atoms with Crippen molar-refractivity contribution in [1.82, 2.24) is 0 Å². The van der Waals surface area contributed by atoms with Gasteiger partial charge in [-0.25, -0.2) is 4.79 Å². The lowest BCUT2D eigenvalue weighted by Gasteiger charge is -2.26. The SMILES string of the molecule is COc1ccc2c(c1OCc1ccccc1)C[C@@H](COC=O)OC2=O. The third-order valence-electron chi connectivity index (χ3n) is 3.95. The van der Waals surface area contributed by atoms with E-state index in [1.54, 1.807) is 19.2 Å². The number of fused-ring (bicyclic) bond motifs is 1. The predicted molar refractivity (Wildman–Crippen MR) is 88.7 cm³/mol. The summed E-state index contributed by atoms with van der Waals surface area (Å²) >= 11 is 0. The molecule has 130 valence electrons. The van der Waals surface area contributed by atoms with E-state index in [0.29, 0.717) is 42.1 Å². The number of hydrogen-bond acceptors (Lipinski definition) is 6. The molecule has 0 radical (unpaired) electrons. The van der Waals surface area contributed by atoms with Crippen molar-refractivity contribution in [3.63, 3.8) is 0 Å². The number of carbonyl (C=O) groups is 2. The Morgan fingerprint density at radius 2 is 2.00 bits per heavy atom. The van der Waals surface area contributed by atoms with E-state index in [0.717, 1.165) is 5.56 Å². The second-order valence-corrected chi connectivity index (χ2v) is 5.56. The van der Waals surface area contributed by atoms with Crippen molar-refractivity contribution < 1.29 is 28.5 Å². The molecule has 1 atom stereocenters. The summed E-state index contributed by atoms with van der Waals surface area (Å²) < 4.78 is 21.4. The van der Waals surface area contributed by atoms with Crippen molar-refractivity contribution in [1.29, 1.82) is 0 Å². The van der Waals surface area contributed by atoms with Crippen molar-refractivity contribution in [2.45, 2.75) is 19.1 Å². The summed E-state index contributed by atoms with van der Waals surface area (Å²) in [5.41, 5.74) is 2.14. The third kappa shape index (κ3) is 3.74. The van der Waals surface area contributed by atoms with Gasteiger partial charge in [0.25, 0.3) is 6.47 Å². The van der Waals surface area contributed by atoms with Crippen LogP contribution in [0.25, 0.3) is 0 Å². The second kappa shape index (κ2) is 7.70. The molecule has 25 heavy (non-hydrogen) atoms. The molecule has 0 fully saturated rings. The van der Waals surface area contributed by atoms with Gasteiger partial charge in [0.15, 0.2) is 11.5 Å². The van der Waals surface area contributed by atoms with E-state index in [1.807, 2.05) is 30.3 Å². The van der Waals surface area contributed by atoms with Gasteiger partial charge in [0.2, 0.25) is 0 Å². The van der Waals surface area contributed by atoms with Crippen molar-refractivity contribution >= 4 is 12.4 Å². The minimum atomic E-state index is -0.545. The summed E-state index contributed by atoms with van der Waals surface area (Å²) in [6, 6.07) is 13.0. The highest BCUT2D eigenvalue weighted by atomic mass is 16.6. The van der Waals surface area contributed by atoms with Crippen LogP contribution in [0.1, 0.15) is 21.5 Å². The molecular weight excluding hydrogens is 324 g/mol. The molecule has 1 aliphatic heterocycles. The lowest BCUT2D eigenvalue weighted by Crippen LogP contribution is -2.31. The van der Waals surface area contributed by atoms with Gasteiger partial charge in [-0.1, -0.05) is 30.3 Å². The van der Waals surface area contributed by atoms with Crippen LogP contribution in [0, 0.1) is 0 Å². The number of hydrogen-bond donors (Lipinski definition) is 0. The maximum Gasteiger partial charge on any atom is 0.338 e. The molecule has 2 aromatic carbocycles. The standard InChI is InChI=1S/C19H18O6/c1-22-17-8-7-15-16(9-14(11-23-12-20)25-19(15)21)18(17)24-10-13-5-3-2-4-6-13/h2-8,12,14H,9-11H2,1H3/t14-/m0/s1. The molecule has 0 saturated carbocycles. The molecule has 1 aliphatic rings. The van der Waals surface area contributed by atoms with Gasteiger partial charge in [-0.2, -0.15) is 0 Å². The Morgan fingerprint density at radius 3 is 2.72 bits per heavy atom. The quantitative estimate of drug-likeness (QED) is 0.569. The van der Waals surface area contributed by atoms with E-state index in [9.17, 15) is 9.59 Å². The normalized spacial score (nSPS) is 15.7. The van der Waals surface area contributed by atoms with Gasteiger partial charge in [-0.15, -0.1) is 0 Å². The van der Waals surface area contributed by atoms with Gasteiger partial charge < -0.3 is 18.9 Å². The largest absolute Gasteiger partial charge is 0.493 e. The Labute approximate surface area is 145 Å². The van der Waals surface area contributed by atoms with Crippen molar-refractivity contribution in [2.75, 3.05) is 13.7 Å². The molecule has 0 aromatic heterocycles. The Bertz CT molecular complexity index is 756. The highest BCUT2D eigenvalue weighted by Gasteiger charge is 2.31. The lowest BCUT2D eigenvalue weighted by molar-refractivity contribution is -0.131. The van der Waals surface area contributed by atoms with Crippen LogP contribution in [0.3, 0.4) is 0 Å². The summed E-state index contributed by atoms with van der Waals surface area (Å²) in [5.74, 6) is 0.587. The van der Waals surface area contributed by atoms with Crippen molar-refractivity contribution in [3.05, 3.63) is 59.2 Å². The van der Waals surface area contributed by atoms with E-state index >= 15 is 0 Å². The first-order valence-corrected chi connectivity index (χ1v) is 7.85. The fourth-order valence-electron chi connectivity index (χ4n) is 2.77. The summed E-state index contributed by atoms with van der Waals surface area (Å²) in [6.07, 6.45) is -0.160. The molecular formula is C19H18O6. The zero-order chi connectivity index (χ0) is 17.6. The Hall–Kier alpha value is -3.02. The van der Waals surface area contributed by atoms with E-state index in [1.165, 1.54) is 0 Å². The summed E-state index contributed by atoms with van der Waals surface area (Å²) in [7, 11) is 1.55. The Kier molecular flexibility index (Phi) is 5.18. The second-order valence-electron chi connectivity index (χ2n) is 5.56. The van der Waals surface area contributed by atoms with Crippen LogP contribution >= 0.6 is 0 Å². The number of benzene rings is 2. The number of ether oxygens (including phenoxy) is 4. The first kappa shape index (κ1) is 16.8. The molecule has 0 spiro atoms. The van der Waals surface area contributed by atoms with E-state index in [4.69, 9.17) is 18.9 Å². The van der Waals surface area contributed by atoms with E-state index in [2.05, 4.69) is 0 Å². The van der Waals surface area contributed by atoms with Gasteiger partial charge >= 0.3 is 5.97 Å². The van der Waals surface area contributed by atoms with Gasteiger partial charge in [0, 0.05) is 12.0 Å². The molecule has 0 amide bonds. The van der Waals surface area contributed by atoms with Gasteiger partial charge in [-0.05, 0) is 17.7 Å². The Morgan fingerprint density at radius 1 is 1.20 bits per heavy atom. The highest BCUT2D eigenvalue weighted by molar-refractivity contribution is 5.93. The summed E-state index contributed by atoms with van der Waals surface area (Å²) in [4.78, 5) is 22.6. The van der Waals surface area contributed by atoms with Crippen LogP contribution in [0.4, 0.5) is 0 Å². The average Bonchev–Trinajstić information content (AvgIpc) is 2.65. The van der Waals surface area contributed by atoms with Gasteiger partial charge in [-0.3, -0.25) is 4.79 Å². The van der Waals surface area contributed by atoms with Gasteiger partial charge in [0.1, 0.15) is 19.3 Å². The van der Waals surface area contributed by atoms with Crippen LogP contribution in [0.5, 0.6) is 11.5 Å². The number of cyclic esters (lactones) is 1. The van der Waals surface area contributed by atoms with E-state index in [-0.39, 0.29) is 6.61 Å². The molecule has 1 heterocycles. The van der Waals surface area contributed by atoms with Crippen molar-refractivity contribution in [2.24, 2.45) is 0 Å². The zero-order valence-electron chi connectivity index (χ0n) is 13.8. The first-order valence-electron chi connectivity index (χ1n) is 7.85. The number of methoxy groups -OCH3 is 1. The zero-order valence-corrected chi connectivity index (χ0v) is 13.8. The predicted octanol–water partition coefficient (Wildman–Crippen LogP) is 2.53. The van der Waals surface area contributed by atoms with Crippen LogP contribution in [0.2, 0.25) is 0 Å². The highest BCUT2D eigenvalue weighted by Crippen LogP contribution is 2.38. The monoisotopic (exact) mass is 342 g/mol. The lowest BCUT2D eigenvalue weighted by atomic mass is 9.97. The topological polar surface area (TPSA) is 71.1 Å². The van der Waals surface area contributed by atoms with E-state index < -0.39 is 12.1 Å². The smallest absolute Gasteiger partial charge is 0.338 e. The first-order chi connectivity index (χ1) is 12.2. The molecule has 0 aliphatic carbocycles. The molecule has 6 heteroatoms. The average molecular weight is 342 g/mol. The number of carbonyl (C=O) groups excluding carboxylic acids is 2. The van der Waals surface area contributed by atoms with Crippen molar-refractivity contribution in [3.8, 4) is 11.5 Å². The summed E-state index contributed by atoms with van der Waals surface area (Å²) in [6.45, 7) is 0.684. The molecule has 0 bridgehead atoms. The van der Waals surface area contributed by atoms with Crippen LogP contribution in [-0.4, -0.2) is 32.3 Å². The van der Waals surface area contributed by atoms with Crippen LogP contribution in [-0.2, 0) is 27.3 Å². The third-order valence-corrected chi connectivity index (χ3v) is 3.95. The number of rotatable bonds is 7.